The van der Waals surface area contributed by atoms with Crippen LogP contribution in [0.5, 0.6) is 11.5 Å². The second-order valence-corrected chi connectivity index (χ2v) is 6.84. The highest BCUT2D eigenvalue weighted by Gasteiger charge is 2.50. The number of likely N-dealkylation sites (tertiary alicyclic amines) is 1. The summed E-state index contributed by atoms with van der Waals surface area (Å²) >= 11 is 0. The first kappa shape index (κ1) is 16.9. The van der Waals surface area contributed by atoms with Crippen molar-refractivity contribution in [3.05, 3.63) is 29.3 Å². The molecular formula is C19H22N2O5. The Bertz CT molecular complexity index is 793. The summed E-state index contributed by atoms with van der Waals surface area (Å²) in [5.41, 5.74) is 0.636. The number of hydrogen-bond acceptors (Lipinski definition) is 6. The van der Waals surface area contributed by atoms with E-state index in [4.69, 9.17) is 14.2 Å². The number of fused-ring (bicyclic) bond motifs is 1. The lowest BCUT2D eigenvalue weighted by Crippen LogP contribution is -2.47. The van der Waals surface area contributed by atoms with Crippen LogP contribution in [0.25, 0.3) is 0 Å². The van der Waals surface area contributed by atoms with E-state index in [1.807, 2.05) is 0 Å². The van der Waals surface area contributed by atoms with Gasteiger partial charge in [-0.2, -0.15) is 0 Å². The van der Waals surface area contributed by atoms with Gasteiger partial charge in [0, 0.05) is 43.3 Å². The Kier molecular flexibility index (Phi) is 4.11. The monoisotopic (exact) mass is 358 g/mol. The van der Waals surface area contributed by atoms with Crippen molar-refractivity contribution >= 4 is 17.6 Å². The van der Waals surface area contributed by atoms with E-state index in [2.05, 4.69) is 17.1 Å². The summed E-state index contributed by atoms with van der Waals surface area (Å²) in [4.78, 5) is 27.5. The van der Waals surface area contributed by atoms with Gasteiger partial charge in [-0.1, -0.05) is 6.92 Å². The van der Waals surface area contributed by atoms with Crippen molar-refractivity contribution in [1.29, 1.82) is 0 Å². The molecule has 1 saturated heterocycles. The van der Waals surface area contributed by atoms with Crippen LogP contribution in [0.1, 0.15) is 26.7 Å². The largest absolute Gasteiger partial charge is 0.454 e. The highest BCUT2D eigenvalue weighted by molar-refractivity contribution is 6.12. The van der Waals surface area contributed by atoms with Crippen molar-refractivity contribution in [1.82, 2.24) is 4.90 Å². The van der Waals surface area contributed by atoms with Gasteiger partial charge in [-0.05, 0) is 25.6 Å². The van der Waals surface area contributed by atoms with Crippen LogP contribution in [-0.2, 0) is 14.3 Å². The topological polar surface area (TPSA) is 77.1 Å². The number of esters is 1. The maximum Gasteiger partial charge on any atom is 0.335 e. The number of piperidine rings is 1. The van der Waals surface area contributed by atoms with Gasteiger partial charge in [0.15, 0.2) is 11.5 Å². The Balaban J connectivity index is 1.57. The van der Waals surface area contributed by atoms with Crippen LogP contribution < -0.4 is 14.8 Å². The third-order valence-corrected chi connectivity index (χ3v) is 5.39. The number of benzene rings is 1. The predicted octanol–water partition coefficient (Wildman–Crippen LogP) is 2.08. The van der Waals surface area contributed by atoms with E-state index in [0.29, 0.717) is 41.2 Å². The van der Waals surface area contributed by atoms with Crippen LogP contribution in [0.3, 0.4) is 0 Å². The number of rotatable bonds is 3. The smallest absolute Gasteiger partial charge is 0.335 e. The minimum atomic E-state index is -0.812. The number of nitrogens with zero attached hydrogens (tertiary/aromatic N) is 1. The molecule has 26 heavy (non-hydrogen) atoms. The van der Waals surface area contributed by atoms with E-state index in [1.54, 1.807) is 25.1 Å². The number of anilines is 1. The molecule has 1 aromatic rings. The second kappa shape index (κ2) is 6.32. The molecule has 3 aliphatic rings. The zero-order chi connectivity index (χ0) is 18.3. The third kappa shape index (κ3) is 2.72. The Morgan fingerprint density at radius 1 is 1.23 bits per heavy atom. The van der Waals surface area contributed by atoms with Crippen LogP contribution in [0, 0.1) is 0 Å². The van der Waals surface area contributed by atoms with Gasteiger partial charge < -0.3 is 24.4 Å². The van der Waals surface area contributed by atoms with E-state index in [1.165, 1.54) is 0 Å². The molecule has 7 heteroatoms. The molecule has 1 amide bonds. The maximum absolute atomic E-state index is 13.0. The Hall–Kier alpha value is -2.54. The maximum atomic E-state index is 13.0. The summed E-state index contributed by atoms with van der Waals surface area (Å²) < 4.78 is 16.3. The molecule has 1 fully saturated rings. The highest BCUT2D eigenvalue weighted by atomic mass is 16.7. The van der Waals surface area contributed by atoms with Gasteiger partial charge in [0.2, 0.25) is 6.79 Å². The molecule has 3 aliphatic heterocycles. The second-order valence-electron chi connectivity index (χ2n) is 6.84. The molecule has 0 aliphatic carbocycles. The number of amides is 1. The quantitative estimate of drug-likeness (QED) is 0.834. The van der Waals surface area contributed by atoms with E-state index in [9.17, 15) is 9.59 Å². The minimum Gasteiger partial charge on any atom is -0.454 e. The van der Waals surface area contributed by atoms with Crippen LogP contribution >= 0.6 is 0 Å². The fourth-order valence-corrected chi connectivity index (χ4v) is 3.88. The summed E-state index contributed by atoms with van der Waals surface area (Å²) in [6, 6.07) is 5.23. The number of nitrogens with one attached hydrogen (secondary N) is 1. The molecule has 0 aromatic heterocycles. The van der Waals surface area contributed by atoms with Crippen LogP contribution in [0.2, 0.25) is 0 Å². The highest BCUT2D eigenvalue weighted by Crippen LogP contribution is 2.42. The van der Waals surface area contributed by atoms with Crippen LogP contribution in [0.4, 0.5) is 5.69 Å². The van der Waals surface area contributed by atoms with Crippen LogP contribution in [0.15, 0.2) is 29.3 Å². The van der Waals surface area contributed by atoms with Crippen molar-refractivity contribution in [3.8, 4) is 11.5 Å². The van der Waals surface area contributed by atoms with Gasteiger partial charge in [-0.15, -0.1) is 0 Å². The molecule has 0 bridgehead atoms. The molecule has 0 radical (unpaired) electrons. The Morgan fingerprint density at radius 3 is 2.69 bits per heavy atom. The van der Waals surface area contributed by atoms with E-state index < -0.39 is 11.6 Å². The molecule has 0 saturated carbocycles. The number of carbonyl (C=O) groups is 2. The molecule has 1 spiro atoms. The first-order chi connectivity index (χ1) is 12.5. The van der Waals surface area contributed by atoms with Crippen molar-refractivity contribution in [3.63, 3.8) is 0 Å². The number of carbonyl (C=O) groups excluding carboxylic acids is 2. The van der Waals surface area contributed by atoms with Gasteiger partial charge in [0.1, 0.15) is 5.60 Å². The van der Waals surface area contributed by atoms with E-state index >= 15 is 0 Å². The minimum absolute atomic E-state index is 0.177. The number of ether oxygens (including phenoxy) is 3. The average Bonchev–Trinajstić information content (AvgIpc) is 3.18. The molecule has 1 N–H and O–H groups in total. The lowest BCUT2D eigenvalue weighted by atomic mass is 9.82. The van der Waals surface area contributed by atoms with Gasteiger partial charge >= 0.3 is 5.97 Å². The first-order valence-corrected chi connectivity index (χ1v) is 8.90. The molecule has 3 heterocycles. The summed E-state index contributed by atoms with van der Waals surface area (Å²) in [5, 5.41) is 2.88. The summed E-state index contributed by atoms with van der Waals surface area (Å²) in [6.45, 7) is 6.50. The van der Waals surface area contributed by atoms with E-state index in [-0.39, 0.29) is 12.7 Å². The zero-order valence-electron chi connectivity index (χ0n) is 15.0. The van der Waals surface area contributed by atoms with Crippen molar-refractivity contribution in [2.45, 2.75) is 32.3 Å². The number of hydrogen-bond donors (Lipinski definition) is 1. The lowest BCUT2D eigenvalue weighted by molar-refractivity contribution is -0.150. The van der Waals surface area contributed by atoms with Crippen molar-refractivity contribution in [2.24, 2.45) is 0 Å². The molecule has 1 aromatic carbocycles. The SMILES string of the molecule is CCN1CCC2(CC1)OC(=O)C(C)=C2C(=O)Nc1ccc2c(c1)OCO2. The Morgan fingerprint density at radius 2 is 1.96 bits per heavy atom. The fraction of sp³-hybridized carbons (Fsp3) is 0.474. The summed E-state index contributed by atoms with van der Waals surface area (Å²) in [6.07, 6.45) is 1.27. The zero-order valence-corrected chi connectivity index (χ0v) is 15.0. The lowest BCUT2D eigenvalue weighted by Gasteiger charge is -2.38. The predicted molar refractivity (Wildman–Crippen MR) is 94.1 cm³/mol. The Labute approximate surface area is 151 Å². The van der Waals surface area contributed by atoms with Crippen LogP contribution in [-0.4, -0.2) is 48.8 Å². The van der Waals surface area contributed by atoms with Crippen molar-refractivity contribution in [2.75, 3.05) is 31.7 Å². The molecule has 0 atom stereocenters. The van der Waals surface area contributed by atoms with Crippen molar-refractivity contribution < 1.29 is 23.8 Å². The standard InChI is InChI=1S/C19H22N2O5/c1-3-21-8-6-19(7-9-21)16(12(2)18(23)26-19)17(22)20-13-4-5-14-15(10-13)25-11-24-14/h4-5,10H,3,6-9,11H2,1-2H3,(H,20,22). The molecule has 4 rings (SSSR count). The van der Waals surface area contributed by atoms with Gasteiger partial charge in [0.25, 0.3) is 5.91 Å². The first-order valence-electron chi connectivity index (χ1n) is 8.90. The summed E-state index contributed by atoms with van der Waals surface area (Å²) in [7, 11) is 0. The average molecular weight is 358 g/mol. The molecule has 7 nitrogen and oxygen atoms in total. The molecular weight excluding hydrogens is 336 g/mol. The van der Waals surface area contributed by atoms with Gasteiger partial charge in [-0.25, -0.2) is 4.79 Å². The fourth-order valence-electron chi connectivity index (χ4n) is 3.88. The third-order valence-electron chi connectivity index (χ3n) is 5.39. The van der Waals surface area contributed by atoms with E-state index in [0.717, 1.165) is 19.6 Å². The molecule has 0 unspecified atom stereocenters. The summed E-state index contributed by atoms with van der Waals surface area (Å²) in [5.74, 6) is 0.558. The van der Waals surface area contributed by atoms with Gasteiger partial charge in [0.05, 0.1) is 5.57 Å². The molecule has 138 valence electrons. The van der Waals surface area contributed by atoms with Gasteiger partial charge in [-0.3, -0.25) is 4.79 Å². The normalized spacial score (nSPS) is 21.2.